The van der Waals surface area contributed by atoms with E-state index in [4.69, 9.17) is 16.3 Å². The number of nitrogens with zero attached hydrogens (tertiary/aromatic N) is 1. The van der Waals surface area contributed by atoms with Gasteiger partial charge in [-0.3, -0.25) is 9.10 Å². The number of anilines is 1. The second-order valence-electron chi connectivity index (χ2n) is 8.02. The van der Waals surface area contributed by atoms with Gasteiger partial charge in [0.25, 0.3) is 10.0 Å². The van der Waals surface area contributed by atoms with Crippen molar-refractivity contribution < 1.29 is 17.9 Å². The van der Waals surface area contributed by atoms with Crippen LogP contribution in [0.5, 0.6) is 5.75 Å². The number of hydrogen-bond acceptors (Lipinski definition) is 4. The molecule has 0 saturated heterocycles. The first-order valence-corrected chi connectivity index (χ1v) is 11.9. The molecule has 8 heteroatoms. The lowest BCUT2D eigenvalue weighted by molar-refractivity contribution is -0.120. The second-order valence-corrected chi connectivity index (χ2v) is 10.3. The first-order valence-electron chi connectivity index (χ1n) is 10.1. The molecule has 2 saturated carbocycles. The van der Waals surface area contributed by atoms with E-state index in [1.807, 2.05) is 0 Å². The monoisotopic (exact) mass is 448 g/mol. The fourth-order valence-electron chi connectivity index (χ4n) is 4.63. The van der Waals surface area contributed by atoms with Crippen molar-refractivity contribution in [1.82, 2.24) is 5.32 Å². The van der Waals surface area contributed by atoms with Crippen molar-refractivity contribution in [2.75, 3.05) is 18.0 Å². The van der Waals surface area contributed by atoms with Crippen molar-refractivity contribution in [2.45, 2.75) is 36.6 Å². The van der Waals surface area contributed by atoms with E-state index in [-0.39, 0.29) is 23.4 Å². The number of sulfonamides is 1. The smallest absolute Gasteiger partial charge is 0.264 e. The standard InChI is InChI=1S/C22H25ClN2O4S/c1-29-19-7-9-20(10-8-19)30(27,28)25(18-4-2-3-17(23)13-18)14-22(26)24-21-12-15-5-6-16(21)11-15/h2-4,7-10,13,15-16,21H,5-6,11-12,14H2,1H3,(H,24,26)/t15-,16-,21-/m0/s1. The molecule has 4 rings (SSSR count). The predicted octanol–water partition coefficient (Wildman–Crippen LogP) is 3.85. The molecule has 2 aromatic carbocycles. The summed E-state index contributed by atoms with van der Waals surface area (Å²) in [5.74, 6) is 1.45. The Balaban J connectivity index is 1.59. The Morgan fingerprint density at radius 2 is 1.93 bits per heavy atom. The number of nitrogens with one attached hydrogen (secondary N) is 1. The molecule has 2 aliphatic carbocycles. The first-order chi connectivity index (χ1) is 14.4. The van der Waals surface area contributed by atoms with Gasteiger partial charge in [-0.2, -0.15) is 0 Å². The van der Waals surface area contributed by atoms with Gasteiger partial charge in [-0.1, -0.05) is 24.1 Å². The number of rotatable bonds is 7. The van der Waals surface area contributed by atoms with Crippen molar-refractivity contribution in [3.63, 3.8) is 0 Å². The summed E-state index contributed by atoms with van der Waals surface area (Å²) in [5, 5.41) is 3.47. The quantitative estimate of drug-likeness (QED) is 0.698. The van der Waals surface area contributed by atoms with Gasteiger partial charge in [0.15, 0.2) is 0 Å². The molecule has 0 spiro atoms. The van der Waals surface area contributed by atoms with Crippen molar-refractivity contribution >= 4 is 33.2 Å². The topological polar surface area (TPSA) is 75.7 Å². The zero-order valence-electron chi connectivity index (χ0n) is 16.8. The van der Waals surface area contributed by atoms with E-state index in [9.17, 15) is 13.2 Å². The normalized spacial score (nSPS) is 22.7. The Bertz CT molecular complexity index is 1030. The summed E-state index contributed by atoms with van der Waals surface area (Å²) >= 11 is 6.10. The van der Waals surface area contributed by atoms with Gasteiger partial charge in [0.05, 0.1) is 17.7 Å². The summed E-state index contributed by atoms with van der Waals surface area (Å²) in [6.45, 7) is -0.303. The number of carbonyl (C=O) groups is 1. The largest absolute Gasteiger partial charge is 0.497 e. The highest BCUT2D eigenvalue weighted by atomic mass is 35.5. The van der Waals surface area contributed by atoms with Crippen LogP contribution in [0, 0.1) is 11.8 Å². The van der Waals surface area contributed by atoms with Crippen molar-refractivity contribution in [3.8, 4) is 5.75 Å². The fourth-order valence-corrected chi connectivity index (χ4v) is 6.22. The highest BCUT2D eigenvalue weighted by Gasteiger charge is 2.40. The van der Waals surface area contributed by atoms with E-state index in [0.717, 1.165) is 23.6 Å². The van der Waals surface area contributed by atoms with Crippen LogP contribution in [0.15, 0.2) is 53.4 Å². The van der Waals surface area contributed by atoms with Gasteiger partial charge in [0.2, 0.25) is 5.91 Å². The van der Waals surface area contributed by atoms with E-state index in [1.165, 1.54) is 25.7 Å². The van der Waals surface area contributed by atoms with Gasteiger partial charge >= 0.3 is 0 Å². The van der Waals surface area contributed by atoms with Crippen LogP contribution in [0.2, 0.25) is 5.02 Å². The zero-order chi connectivity index (χ0) is 21.3. The van der Waals surface area contributed by atoms with E-state index in [0.29, 0.717) is 28.3 Å². The third-order valence-corrected chi connectivity index (χ3v) is 8.14. The van der Waals surface area contributed by atoms with Crippen LogP contribution in [-0.2, 0) is 14.8 Å². The minimum atomic E-state index is -3.98. The summed E-state index contributed by atoms with van der Waals surface area (Å²) in [7, 11) is -2.46. The van der Waals surface area contributed by atoms with Gasteiger partial charge in [0.1, 0.15) is 12.3 Å². The Hall–Kier alpha value is -2.25. The van der Waals surface area contributed by atoms with Crippen LogP contribution in [0.25, 0.3) is 0 Å². The highest BCUT2D eigenvalue weighted by molar-refractivity contribution is 7.92. The number of benzene rings is 2. The number of amides is 1. The summed E-state index contributed by atoms with van der Waals surface area (Å²) in [4.78, 5) is 12.9. The molecule has 1 amide bonds. The number of halogens is 1. The SMILES string of the molecule is COc1ccc(S(=O)(=O)N(CC(=O)N[C@H]2C[C@H]3CC[C@H]2C3)c2cccc(Cl)c2)cc1. The molecule has 0 unspecified atom stereocenters. The fraction of sp³-hybridized carbons (Fsp3) is 0.409. The van der Waals surface area contributed by atoms with E-state index in [1.54, 1.807) is 36.4 Å². The molecule has 2 fully saturated rings. The third-order valence-electron chi connectivity index (χ3n) is 6.12. The van der Waals surface area contributed by atoms with Crippen LogP contribution in [0.1, 0.15) is 25.7 Å². The van der Waals surface area contributed by atoms with Crippen molar-refractivity contribution in [2.24, 2.45) is 11.8 Å². The number of hydrogen-bond donors (Lipinski definition) is 1. The van der Waals surface area contributed by atoms with Crippen LogP contribution >= 0.6 is 11.6 Å². The molecule has 2 aromatic rings. The third kappa shape index (κ3) is 4.27. The lowest BCUT2D eigenvalue weighted by Gasteiger charge is -2.27. The Kier molecular flexibility index (Phi) is 5.93. The number of fused-ring (bicyclic) bond motifs is 2. The Morgan fingerprint density at radius 3 is 2.53 bits per heavy atom. The van der Waals surface area contributed by atoms with Crippen LogP contribution in [0.4, 0.5) is 5.69 Å². The number of ether oxygens (including phenoxy) is 1. The summed E-state index contributed by atoms with van der Waals surface area (Å²) in [6.07, 6.45) is 4.52. The van der Waals surface area contributed by atoms with E-state index < -0.39 is 10.0 Å². The van der Waals surface area contributed by atoms with Gasteiger partial charge in [-0.05, 0) is 73.6 Å². The summed E-state index contributed by atoms with van der Waals surface area (Å²) in [5.41, 5.74) is 0.349. The van der Waals surface area contributed by atoms with Crippen molar-refractivity contribution in [1.29, 1.82) is 0 Å². The molecule has 2 aliphatic rings. The minimum absolute atomic E-state index is 0.0796. The van der Waals surface area contributed by atoms with Gasteiger partial charge in [0, 0.05) is 11.1 Å². The predicted molar refractivity (Wildman–Crippen MR) is 116 cm³/mol. The molecule has 6 nitrogen and oxygen atoms in total. The maximum atomic E-state index is 13.4. The summed E-state index contributed by atoms with van der Waals surface area (Å²) in [6, 6.07) is 12.8. The molecular formula is C22H25ClN2O4S. The second kappa shape index (κ2) is 8.47. The average molecular weight is 449 g/mol. The number of carbonyl (C=O) groups excluding carboxylic acids is 1. The molecule has 0 heterocycles. The van der Waals surface area contributed by atoms with Crippen molar-refractivity contribution in [3.05, 3.63) is 53.6 Å². The molecule has 160 valence electrons. The lowest BCUT2D eigenvalue weighted by Crippen LogP contribution is -2.46. The Labute approximate surface area is 182 Å². The molecule has 0 aromatic heterocycles. The molecule has 30 heavy (non-hydrogen) atoms. The maximum absolute atomic E-state index is 13.4. The first kappa shape index (κ1) is 21.0. The van der Waals surface area contributed by atoms with Crippen LogP contribution < -0.4 is 14.4 Å². The van der Waals surface area contributed by atoms with Gasteiger partial charge < -0.3 is 10.1 Å². The molecule has 1 N–H and O–H groups in total. The number of methoxy groups -OCH3 is 1. The lowest BCUT2D eigenvalue weighted by atomic mass is 9.95. The Morgan fingerprint density at radius 1 is 1.17 bits per heavy atom. The molecule has 2 bridgehead atoms. The van der Waals surface area contributed by atoms with E-state index in [2.05, 4.69) is 5.32 Å². The highest BCUT2D eigenvalue weighted by Crippen LogP contribution is 2.44. The molecule has 0 radical (unpaired) electrons. The molecule has 3 atom stereocenters. The average Bonchev–Trinajstić information content (AvgIpc) is 3.35. The van der Waals surface area contributed by atoms with E-state index >= 15 is 0 Å². The van der Waals surface area contributed by atoms with Crippen LogP contribution in [-0.4, -0.2) is 34.0 Å². The molecular weight excluding hydrogens is 424 g/mol. The van der Waals surface area contributed by atoms with Gasteiger partial charge in [-0.15, -0.1) is 0 Å². The minimum Gasteiger partial charge on any atom is -0.497 e. The van der Waals surface area contributed by atoms with Gasteiger partial charge in [-0.25, -0.2) is 8.42 Å². The van der Waals surface area contributed by atoms with Crippen LogP contribution in [0.3, 0.4) is 0 Å². The summed E-state index contributed by atoms with van der Waals surface area (Å²) < 4.78 is 33.0. The molecule has 0 aliphatic heterocycles. The maximum Gasteiger partial charge on any atom is 0.264 e. The zero-order valence-corrected chi connectivity index (χ0v) is 18.3.